The van der Waals surface area contributed by atoms with Crippen LogP contribution in [0, 0.1) is 17.8 Å². The van der Waals surface area contributed by atoms with Crippen LogP contribution >= 0.6 is 11.6 Å². The first-order valence-electron chi connectivity index (χ1n) is 13.1. The van der Waals surface area contributed by atoms with Gasteiger partial charge in [-0.05, 0) is 86.5 Å². The van der Waals surface area contributed by atoms with Crippen molar-refractivity contribution in [3.63, 3.8) is 0 Å². The number of nitrogens with one attached hydrogen (secondary N) is 1. The molecule has 1 aromatic carbocycles. The number of pyridine rings is 1. The predicted molar refractivity (Wildman–Crippen MR) is 141 cm³/mol. The number of likely N-dealkylation sites (tertiary alicyclic amines) is 2. The summed E-state index contributed by atoms with van der Waals surface area (Å²) in [6.07, 6.45) is 6.28. The summed E-state index contributed by atoms with van der Waals surface area (Å²) < 4.78 is 0. The van der Waals surface area contributed by atoms with E-state index < -0.39 is 0 Å². The molecule has 2 aromatic rings. The fourth-order valence-corrected chi connectivity index (χ4v) is 6.73. The van der Waals surface area contributed by atoms with E-state index in [1.807, 2.05) is 24.3 Å². The highest BCUT2D eigenvalue weighted by molar-refractivity contribution is 6.30. The number of anilines is 1. The van der Waals surface area contributed by atoms with Gasteiger partial charge < -0.3 is 16.0 Å². The van der Waals surface area contributed by atoms with Crippen molar-refractivity contribution < 1.29 is 9.59 Å². The van der Waals surface area contributed by atoms with Crippen LogP contribution in [0.15, 0.2) is 42.6 Å². The fourth-order valence-electron chi connectivity index (χ4n) is 6.61. The second-order valence-corrected chi connectivity index (χ2v) is 11.1. The van der Waals surface area contributed by atoms with Crippen molar-refractivity contribution in [3.8, 4) is 0 Å². The van der Waals surface area contributed by atoms with Crippen molar-refractivity contribution in [1.82, 2.24) is 20.1 Å². The minimum Gasteiger partial charge on any atom is -0.384 e. The van der Waals surface area contributed by atoms with Crippen LogP contribution in [0.3, 0.4) is 0 Å². The average Bonchev–Trinajstić information content (AvgIpc) is 3.66. The standard InChI is InChI=1S/C28H36ClN5O2/c1-31-26(35)24-17-28(24,21-2-4-23(29)5-3-21)22-9-14-34(15-10-22)27(36)20-7-12-33(13-8-20)18-19-6-11-32-25(30)16-19/h2-6,11,16,20,22,24H,7-10,12-15,17-18H2,1H3,(H2,30,32)(H,31,35)/t24-,28+/m0/s1. The van der Waals surface area contributed by atoms with E-state index in [9.17, 15) is 9.59 Å². The molecular formula is C28H36ClN5O2. The minimum atomic E-state index is -0.137. The maximum Gasteiger partial charge on any atom is 0.225 e. The monoisotopic (exact) mass is 509 g/mol. The first-order valence-corrected chi connectivity index (χ1v) is 13.5. The van der Waals surface area contributed by atoms with Gasteiger partial charge in [-0.1, -0.05) is 23.7 Å². The van der Waals surface area contributed by atoms with Crippen LogP contribution in [-0.4, -0.2) is 59.8 Å². The number of aromatic nitrogens is 1. The molecule has 0 spiro atoms. The van der Waals surface area contributed by atoms with Gasteiger partial charge in [-0.15, -0.1) is 0 Å². The second kappa shape index (κ2) is 10.4. The van der Waals surface area contributed by atoms with Gasteiger partial charge in [0.05, 0.1) is 0 Å². The number of nitrogen functional groups attached to an aromatic ring is 1. The van der Waals surface area contributed by atoms with Gasteiger partial charge in [-0.25, -0.2) is 4.98 Å². The molecule has 0 bridgehead atoms. The van der Waals surface area contributed by atoms with Crippen LogP contribution in [0.1, 0.15) is 43.2 Å². The third kappa shape index (κ3) is 4.96. The number of piperidine rings is 2. The van der Waals surface area contributed by atoms with Crippen molar-refractivity contribution in [1.29, 1.82) is 0 Å². The summed E-state index contributed by atoms with van der Waals surface area (Å²) in [4.78, 5) is 34.5. The zero-order chi connectivity index (χ0) is 25.3. The maximum atomic E-state index is 13.4. The highest BCUT2D eigenvalue weighted by Gasteiger charge is 2.63. The molecule has 0 unspecified atom stereocenters. The summed E-state index contributed by atoms with van der Waals surface area (Å²) in [5, 5.41) is 3.56. The molecule has 0 radical (unpaired) electrons. The Morgan fingerprint density at radius 3 is 2.42 bits per heavy atom. The Balaban J connectivity index is 1.16. The van der Waals surface area contributed by atoms with Crippen molar-refractivity contribution in [2.75, 3.05) is 39.0 Å². The lowest BCUT2D eigenvalue weighted by Gasteiger charge is -2.40. The van der Waals surface area contributed by atoms with Crippen LogP contribution in [0.5, 0.6) is 0 Å². The lowest BCUT2D eigenvalue weighted by atomic mass is 9.75. The Morgan fingerprint density at radius 2 is 1.78 bits per heavy atom. The molecule has 2 saturated heterocycles. The summed E-state index contributed by atoms with van der Waals surface area (Å²) >= 11 is 6.14. The number of nitrogens with zero attached hydrogens (tertiary/aromatic N) is 3. The third-order valence-corrected chi connectivity index (χ3v) is 8.92. The Bertz CT molecular complexity index is 1090. The van der Waals surface area contributed by atoms with Crippen LogP contribution in [0.2, 0.25) is 5.02 Å². The molecule has 2 aliphatic heterocycles. The molecule has 1 saturated carbocycles. The van der Waals surface area contributed by atoms with Crippen molar-refractivity contribution in [3.05, 3.63) is 58.7 Å². The third-order valence-electron chi connectivity index (χ3n) is 8.67. The molecule has 3 N–H and O–H groups in total. The number of benzene rings is 1. The van der Waals surface area contributed by atoms with E-state index >= 15 is 0 Å². The van der Waals surface area contributed by atoms with Gasteiger partial charge in [0.15, 0.2) is 0 Å². The lowest BCUT2D eigenvalue weighted by Crippen LogP contribution is -2.47. The summed E-state index contributed by atoms with van der Waals surface area (Å²) in [5.41, 5.74) is 8.04. The molecule has 2 amide bonds. The number of halogens is 1. The molecule has 3 fully saturated rings. The summed E-state index contributed by atoms with van der Waals surface area (Å²) in [6, 6.07) is 11.9. The molecule has 36 heavy (non-hydrogen) atoms. The van der Waals surface area contributed by atoms with Crippen LogP contribution in [-0.2, 0) is 21.5 Å². The molecular weight excluding hydrogens is 474 g/mol. The largest absolute Gasteiger partial charge is 0.384 e. The number of nitrogens with two attached hydrogens (primary N) is 1. The van der Waals surface area contributed by atoms with Gasteiger partial charge in [0, 0.05) is 55.2 Å². The highest BCUT2D eigenvalue weighted by Crippen LogP contribution is 2.61. The van der Waals surface area contributed by atoms with E-state index in [2.05, 4.69) is 32.2 Å². The van der Waals surface area contributed by atoms with Gasteiger partial charge in [0.25, 0.3) is 0 Å². The normalized spacial score (nSPS) is 25.5. The molecule has 192 valence electrons. The van der Waals surface area contributed by atoms with E-state index in [-0.39, 0.29) is 23.2 Å². The van der Waals surface area contributed by atoms with Gasteiger partial charge >= 0.3 is 0 Å². The number of carbonyl (C=O) groups is 2. The smallest absolute Gasteiger partial charge is 0.225 e. The first kappa shape index (κ1) is 25.0. The SMILES string of the molecule is CNC(=O)[C@@H]1C[C@@]1(c1ccc(Cl)cc1)C1CCN(C(=O)C2CCN(Cc3ccnc(N)c3)CC2)CC1. The molecule has 3 heterocycles. The fraction of sp³-hybridized carbons (Fsp3) is 0.536. The second-order valence-electron chi connectivity index (χ2n) is 10.7. The summed E-state index contributed by atoms with van der Waals surface area (Å²) in [7, 11) is 1.71. The number of amides is 2. The maximum absolute atomic E-state index is 13.4. The van der Waals surface area contributed by atoms with Gasteiger partial charge in [0.1, 0.15) is 5.82 Å². The number of hydrogen-bond donors (Lipinski definition) is 2. The number of rotatable bonds is 6. The van der Waals surface area contributed by atoms with E-state index in [4.69, 9.17) is 17.3 Å². The van der Waals surface area contributed by atoms with Crippen LogP contribution < -0.4 is 11.1 Å². The Kier molecular flexibility index (Phi) is 7.22. The number of carbonyl (C=O) groups excluding carboxylic acids is 2. The molecule has 5 rings (SSSR count). The predicted octanol–water partition coefficient (Wildman–Crippen LogP) is 3.47. The van der Waals surface area contributed by atoms with Crippen molar-refractivity contribution in [2.45, 2.75) is 44.1 Å². The zero-order valence-corrected chi connectivity index (χ0v) is 21.7. The van der Waals surface area contributed by atoms with Gasteiger partial charge in [-0.3, -0.25) is 14.5 Å². The first-order chi connectivity index (χ1) is 17.4. The quantitative estimate of drug-likeness (QED) is 0.622. The molecule has 8 heteroatoms. The Morgan fingerprint density at radius 1 is 1.08 bits per heavy atom. The van der Waals surface area contributed by atoms with E-state index in [1.165, 1.54) is 11.1 Å². The van der Waals surface area contributed by atoms with Crippen LogP contribution in [0.4, 0.5) is 5.82 Å². The lowest BCUT2D eigenvalue weighted by molar-refractivity contribution is -0.139. The zero-order valence-electron chi connectivity index (χ0n) is 21.0. The average molecular weight is 510 g/mol. The summed E-state index contributed by atoms with van der Waals surface area (Å²) in [6.45, 7) is 4.23. The number of hydrogen-bond acceptors (Lipinski definition) is 5. The van der Waals surface area contributed by atoms with Gasteiger partial charge in [-0.2, -0.15) is 0 Å². The molecule has 1 aliphatic carbocycles. The van der Waals surface area contributed by atoms with Crippen molar-refractivity contribution >= 4 is 29.2 Å². The van der Waals surface area contributed by atoms with Crippen molar-refractivity contribution in [2.24, 2.45) is 17.8 Å². The Labute approximate surface area is 218 Å². The highest BCUT2D eigenvalue weighted by atomic mass is 35.5. The molecule has 1 aromatic heterocycles. The molecule has 7 nitrogen and oxygen atoms in total. The van der Waals surface area contributed by atoms with Gasteiger partial charge in [0.2, 0.25) is 11.8 Å². The van der Waals surface area contributed by atoms with E-state index in [0.29, 0.717) is 22.7 Å². The van der Waals surface area contributed by atoms with E-state index in [1.54, 1.807) is 13.2 Å². The summed E-state index contributed by atoms with van der Waals surface area (Å²) in [5.74, 6) is 1.46. The Hall–Kier alpha value is -2.64. The van der Waals surface area contributed by atoms with E-state index in [0.717, 1.165) is 64.8 Å². The molecule has 3 aliphatic rings. The van der Waals surface area contributed by atoms with Crippen LogP contribution in [0.25, 0.3) is 0 Å². The molecule has 2 atom stereocenters. The topological polar surface area (TPSA) is 91.6 Å². The minimum absolute atomic E-state index is 0.00370.